The third-order valence-electron chi connectivity index (χ3n) is 5.28. The first kappa shape index (κ1) is 17.3. The normalized spacial score (nSPS) is 15.4. The van der Waals surface area contributed by atoms with E-state index in [1.165, 1.54) is 0 Å². The molecule has 2 heterocycles. The van der Waals surface area contributed by atoms with Crippen LogP contribution in [-0.2, 0) is 0 Å². The summed E-state index contributed by atoms with van der Waals surface area (Å²) >= 11 is 0. The van der Waals surface area contributed by atoms with Crippen LogP contribution in [-0.4, -0.2) is 23.2 Å². The molecule has 1 aliphatic heterocycles. The van der Waals surface area contributed by atoms with Gasteiger partial charge in [0.05, 0.1) is 18.8 Å². The number of ether oxygens (including phenoxy) is 1. The average Bonchev–Trinajstić information content (AvgIpc) is 3.34. The first-order valence-electron chi connectivity index (χ1n) is 9.44. The zero-order valence-electron chi connectivity index (χ0n) is 15.9. The van der Waals surface area contributed by atoms with Gasteiger partial charge in [-0.3, -0.25) is 14.8 Å². The summed E-state index contributed by atoms with van der Waals surface area (Å²) in [6.45, 7) is 0. The van der Waals surface area contributed by atoms with Crippen LogP contribution in [0.3, 0.4) is 0 Å². The molecule has 0 fully saturated rings. The highest BCUT2D eigenvalue weighted by Gasteiger charge is 2.42. The molecule has 0 saturated carbocycles. The molecule has 1 N–H and O–H groups in total. The van der Waals surface area contributed by atoms with Crippen molar-refractivity contribution in [3.8, 4) is 17.0 Å². The van der Waals surface area contributed by atoms with Gasteiger partial charge in [-0.05, 0) is 29.8 Å². The van der Waals surface area contributed by atoms with E-state index in [9.17, 15) is 4.79 Å². The van der Waals surface area contributed by atoms with E-state index in [0.29, 0.717) is 5.69 Å². The molecule has 5 heteroatoms. The summed E-state index contributed by atoms with van der Waals surface area (Å²) in [5.74, 6) is 0.663. The second-order valence-corrected chi connectivity index (χ2v) is 6.91. The van der Waals surface area contributed by atoms with Crippen LogP contribution >= 0.6 is 0 Å². The van der Waals surface area contributed by atoms with E-state index in [4.69, 9.17) is 4.74 Å². The summed E-state index contributed by atoms with van der Waals surface area (Å²) in [6.07, 6.45) is 0. The van der Waals surface area contributed by atoms with Crippen molar-refractivity contribution < 1.29 is 9.53 Å². The Balaban J connectivity index is 1.70. The predicted molar refractivity (Wildman–Crippen MR) is 112 cm³/mol. The number of carbonyl (C=O) groups excluding carboxylic acids is 1. The van der Waals surface area contributed by atoms with Crippen molar-refractivity contribution in [3.05, 3.63) is 102 Å². The number of hydrogen-bond acceptors (Lipinski definition) is 3. The van der Waals surface area contributed by atoms with Gasteiger partial charge in [0.25, 0.3) is 5.91 Å². The van der Waals surface area contributed by atoms with Gasteiger partial charge in [-0.2, -0.15) is 5.10 Å². The van der Waals surface area contributed by atoms with Gasteiger partial charge in [0.2, 0.25) is 0 Å². The number of aromatic nitrogens is 2. The first-order valence-corrected chi connectivity index (χ1v) is 9.44. The number of fused-ring (bicyclic) bond motifs is 1. The van der Waals surface area contributed by atoms with E-state index in [1.807, 2.05) is 89.8 Å². The van der Waals surface area contributed by atoms with Crippen molar-refractivity contribution in [2.75, 3.05) is 12.0 Å². The molecule has 5 nitrogen and oxygen atoms in total. The molecule has 3 aromatic carbocycles. The van der Waals surface area contributed by atoms with Crippen LogP contribution in [0.1, 0.15) is 27.7 Å². The minimum Gasteiger partial charge on any atom is -0.497 e. The topological polar surface area (TPSA) is 58.2 Å². The summed E-state index contributed by atoms with van der Waals surface area (Å²) in [5.41, 5.74) is 5.08. The highest BCUT2D eigenvalue weighted by atomic mass is 16.5. The van der Waals surface area contributed by atoms with Crippen LogP contribution in [0.4, 0.5) is 5.69 Å². The van der Waals surface area contributed by atoms with Gasteiger partial charge in [-0.15, -0.1) is 0 Å². The van der Waals surface area contributed by atoms with E-state index in [-0.39, 0.29) is 11.9 Å². The first-order chi connectivity index (χ1) is 14.3. The average molecular weight is 381 g/mol. The maximum absolute atomic E-state index is 13.4. The Morgan fingerprint density at radius 2 is 1.55 bits per heavy atom. The number of carbonyl (C=O) groups is 1. The summed E-state index contributed by atoms with van der Waals surface area (Å²) in [5, 5.41) is 7.49. The SMILES string of the molecule is COc1ccc(N2C(=O)c3[nH]nc(-c4ccccc4)c3C2c2ccccc2)cc1. The molecule has 1 aromatic heterocycles. The largest absolute Gasteiger partial charge is 0.497 e. The Labute approximate surface area is 168 Å². The maximum atomic E-state index is 13.4. The minimum absolute atomic E-state index is 0.0892. The number of H-pyrrole nitrogens is 1. The molecule has 1 aliphatic rings. The van der Waals surface area contributed by atoms with Gasteiger partial charge >= 0.3 is 0 Å². The highest BCUT2D eigenvalue weighted by Crippen LogP contribution is 2.45. The third kappa shape index (κ3) is 2.79. The summed E-state index contributed by atoms with van der Waals surface area (Å²) < 4.78 is 5.27. The molecule has 1 amide bonds. The summed E-state index contributed by atoms with van der Waals surface area (Å²) in [6, 6.07) is 27.3. The van der Waals surface area contributed by atoms with Gasteiger partial charge in [0.1, 0.15) is 11.4 Å². The molecule has 142 valence electrons. The van der Waals surface area contributed by atoms with E-state index in [2.05, 4.69) is 10.2 Å². The lowest BCUT2D eigenvalue weighted by molar-refractivity contribution is 0.0988. The van der Waals surface area contributed by atoms with E-state index < -0.39 is 0 Å². The summed E-state index contributed by atoms with van der Waals surface area (Å²) in [4.78, 5) is 15.2. The van der Waals surface area contributed by atoms with Crippen molar-refractivity contribution in [2.24, 2.45) is 0 Å². The predicted octanol–water partition coefficient (Wildman–Crippen LogP) is 4.84. The molecule has 0 saturated heterocycles. The lowest BCUT2D eigenvalue weighted by Crippen LogP contribution is -2.29. The zero-order chi connectivity index (χ0) is 19.8. The maximum Gasteiger partial charge on any atom is 0.277 e. The monoisotopic (exact) mass is 381 g/mol. The van der Waals surface area contributed by atoms with Crippen LogP contribution in [0.2, 0.25) is 0 Å². The molecule has 0 aliphatic carbocycles. The number of hydrogen-bond donors (Lipinski definition) is 1. The quantitative estimate of drug-likeness (QED) is 0.551. The van der Waals surface area contributed by atoms with Crippen molar-refractivity contribution in [2.45, 2.75) is 6.04 Å². The number of anilines is 1. The molecule has 4 aromatic rings. The van der Waals surface area contributed by atoms with Crippen LogP contribution in [0, 0.1) is 0 Å². The van der Waals surface area contributed by atoms with Gasteiger partial charge in [-0.25, -0.2) is 0 Å². The Morgan fingerprint density at radius 1 is 0.897 bits per heavy atom. The lowest BCUT2D eigenvalue weighted by atomic mass is 9.96. The summed E-state index contributed by atoms with van der Waals surface area (Å²) in [7, 11) is 1.63. The van der Waals surface area contributed by atoms with Crippen LogP contribution in [0.5, 0.6) is 5.75 Å². The highest BCUT2D eigenvalue weighted by molar-refractivity contribution is 6.11. The van der Waals surface area contributed by atoms with Gasteiger partial charge < -0.3 is 4.74 Å². The van der Waals surface area contributed by atoms with Crippen LogP contribution in [0.15, 0.2) is 84.9 Å². The zero-order valence-corrected chi connectivity index (χ0v) is 15.9. The fourth-order valence-electron chi connectivity index (χ4n) is 3.92. The standard InChI is InChI=1S/C24H19N3O2/c1-29-19-14-12-18(13-15-19)27-23(17-10-6-3-7-11-17)20-21(16-8-4-2-5-9-16)25-26-22(20)24(27)28/h2-15,23H,1H3,(H,25,26). The van der Waals surface area contributed by atoms with E-state index in [0.717, 1.165) is 33.8 Å². The van der Waals surface area contributed by atoms with Gasteiger partial charge in [-0.1, -0.05) is 60.7 Å². The van der Waals surface area contributed by atoms with Crippen molar-refractivity contribution in [3.63, 3.8) is 0 Å². The Hall–Kier alpha value is -3.86. The Morgan fingerprint density at radius 3 is 2.21 bits per heavy atom. The number of benzene rings is 3. The molecule has 29 heavy (non-hydrogen) atoms. The molecule has 5 rings (SSSR count). The van der Waals surface area contributed by atoms with Crippen LogP contribution in [0.25, 0.3) is 11.3 Å². The molecule has 0 spiro atoms. The number of aromatic amines is 1. The third-order valence-corrected chi connectivity index (χ3v) is 5.28. The second kappa shape index (κ2) is 6.95. The van der Waals surface area contributed by atoms with E-state index >= 15 is 0 Å². The van der Waals surface area contributed by atoms with Gasteiger partial charge in [0.15, 0.2) is 0 Å². The fourth-order valence-corrected chi connectivity index (χ4v) is 3.92. The molecular weight excluding hydrogens is 362 g/mol. The number of rotatable bonds is 4. The second-order valence-electron chi connectivity index (χ2n) is 6.91. The number of nitrogens with one attached hydrogen (secondary N) is 1. The molecule has 0 radical (unpaired) electrons. The molecule has 1 unspecified atom stereocenters. The fraction of sp³-hybridized carbons (Fsp3) is 0.0833. The van der Waals surface area contributed by atoms with Crippen molar-refractivity contribution in [1.29, 1.82) is 0 Å². The minimum atomic E-state index is -0.263. The number of amides is 1. The van der Waals surface area contributed by atoms with Crippen molar-refractivity contribution in [1.82, 2.24) is 10.2 Å². The van der Waals surface area contributed by atoms with Gasteiger partial charge in [0, 0.05) is 16.8 Å². The Kier molecular flexibility index (Phi) is 4.13. The molecular formula is C24H19N3O2. The van der Waals surface area contributed by atoms with E-state index in [1.54, 1.807) is 7.11 Å². The molecule has 1 atom stereocenters. The number of nitrogens with zero attached hydrogens (tertiary/aromatic N) is 2. The van der Waals surface area contributed by atoms with Crippen molar-refractivity contribution >= 4 is 11.6 Å². The smallest absolute Gasteiger partial charge is 0.277 e. The van der Waals surface area contributed by atoms with Crippen LogP contribution < -0.4 is 9.64 Å². The molecule has 0 bridgehead atoms. The number of methoxy groups -OCH3 is 1. The Bertz CT molecular complexity index is 1150. The lowest BCUT2D eigenvalue weighted by Gasteiger charge is -2.26.